The maximum Gasteiger partial charge on any atom is 0.328 e. The molecule has 0 aliphatic carbocycles. The molecule has 2 amide bonds. The number of fused-ring (bicyclic) bond motifs is 1. The van der Waals surface area contributed by atoms with Gasteiger partial charge >= 0.3 is 5.97 Å². The SMILES string of the molecule is COC(=O)[C@]1(C(C)CN2C(=O)CNC(=O)c3cc(CCCCCN=C(N)N)ccc32)NC1(C=O)CC=O. The van der Waals surface area contributed by atoms with Gasteiger partial charge in [-0.3, -0.25) is 19.9 Å². The van der Waals surface area contributed by atoms with Gasteiger partial charge in [0.25, 0.3) is 5.91 Å². The average Bonchev–Trinajstić information content (AvgIpc) is 3.58. The van der Waals surface area contributed by atoms with Crippen molar-refractivity contribution in [3.63, 3.8) is 0 Å². The molecule has 1 aromatic carbocycles. The number of aldehydes is 2. The van der Waals surface area contributed by atoms with Crippen LogP contribution in [0.1, 0.15) is 48.5 Å². The minimum absolute atomic E-state index is 0.0154. The first-order valence-electron chi connectivity index (χ1n) is 12.2. The van der Waals surface area contributed by atoms with Gasteiger partial charge in [-0.2, -0.15) is 0 Å². The van der Waals surface area contributed by atoms with Gasteiger partial charge in [-0.25, -0.2) is 4.79 Å². The molecule has 2 unspecified atom stereocenters. The van der Waals surface area contributed by atoms with E-state index in [4.69, 9.17) is 16.2 Å². The van der Waals surface area contributed by atoms with E-state index in [1.54, 1.807) is 19.1 Å². The van der Waals surface area contributed by atoms with Gasteiger partial charge in [0.15, 0.2) is 5.96 Å². The normalized spacial score (nSPS) is 23.2. The van der Waals surface area contributed by atoms with Gasteiger partial charge in [-0.1, -0.05) is 19.4 Å². The molecule has 37 heavy (non-hydrogen) atoms. The largest absolute Gasteiger partial charge is 0.468 e. The molecule has 3 rings (SSSR count). The first-order chi connectivity index (χ1) is 17.7. The highest BCUT2D eigenvalue weighted by Crippen LogP contribution is 2.47. The zero-order valence-electron chi connectivity index (χ0n) is 21.1. The molecule has 1 fully saturated rings. The van der Waals surface area contributed by atoms with Crippen molar-refractivity contribution >= 4 is 42.0 Å². The second kappa shape index (κ2) is 11.5. The van der Waals surface area contributed by atoms with E-state index >= 15 is 0 Å². The fourth-order valence-electron chi connectivity index (χ4n) is 5.07. The summed E-state index contributed by atoms with van der Waals surface area (Å²) in [6.07, 6.45) is 4.25. The molecule has 3 atom stereocenters. The van der Waals surface area contributed by atoms with Crippen LogP contribution in [-0.4, -0.2) is 74.1 Å². The number of hydrogen-bond donors (Lipinski definition) is 4. The van der Waals surface area contributed by atoms with Gasteiger partial charge in [0.2, 0.25) is 5.91 Å². The van der Waals surface area contributed by atoms with Crippen molar-refractivity contribution in [3.05, 3.63) is 29.3 Å². The van der Waals surface area contributed by atoms with Crippen LogP contribution in [0.5, 0.6) is 0 Å². The van der Waals surface area contributed by atoms with E-state index in [0.29, 0.717) is 30.4 Å². The van der Waals surface area contributed by atoms with Crippen molar-refractivity contribution in [2.45, 2.75) is 50.1 Å². The maximum atomic E-state index is 13.0. The fraction of sp³-hybridized carbons (Fsp3) is 0.520. The summed E-state index contributed by atoms with van der Waals surface area (Å²) < 4.78 is 4.95. The summed E-state index contributed by atoms with van der Waals surface area (Å²) in [7, 11) is 1.20. The predicted molar refractivity (Wildman–Crippen MR) is 136 cm³/mol. The van der Waals surface area contributed by atoms with Crippen molar-refractivity contribution in [2.24, 2.45) is 22.4 Å². The van der Waals surface area contributed by atoms with Crippen LogP contribution in [0.15, 0.2) is 23.2 Å². The first-order valence-corrected chi connectivity index (χ1v) is 12.2. The number of esters is 1. The van der Waals surface area contributed by atoms with Gasteiger partial charge in [-0.15, -0.1) is 0 Å². The van der Waals surface area contributed by atoms with Crippen LogP contribution in [0.2, 0.25) is 0 Å². The molecule has 0 bridgehead atoms. The van der Waals surface area contributed by atoms with E-state index < -0.39 is 23.0 Å². The van der Waals surface area contributed by atoms with Crippen LogP contribution in [0.4, 0.5) is 5.69 Å². The number of aryl methyl sites for hydroxylation is 1. The lowest BCUT2D eigenvalue weighted by Gasteiger charge is -2.30. The summed E-state index contributed by atoms with van der Waals surface area (Å²) in [5.74, 6) is -1.98. The van der Waals surface area contributed by atoms with Crippen molar-refractivity contribution < 1.29 is 28.7 Å². The number of amides is 2. The summed E-state index contributed by atoms with van der Waals surface area (Å²) >= 11 is 0. The summed E-state index contributed by atoms with van der Waals surface area (Å²) in [5, 5.41) is 5.52. The van der Waals surface area contributed by atoms with Gasteiger partial charge < -0.3 is 36.0 Å². The van der Waals surface area contributed by atoms with Gasteiger partial charge in [0.1, 0.15) is 23.7 Å². The van der Waals surface area contributed by atoms with Crippen molar-refractivity contribution in [2.75, 3.05) is 31.6 Å². The summed E-state index contributed by atoms with van der Waals surface area (Å²) in [5.41, 5.74) is 9.49. The molecular formula is C25H34N6O6. The van der Waals surface area contributed by atoms with Gasteiger partial charge in [0.05, 0.1) is 24.9 Å². The number of rotatable bonds is 13. The molecule has 12 heteroatoms. The molecule has 0 spiro atoms. The Balaban J connectivity index is 1.81. The smallest absolute Gasteiger partial charge is 0.328 e. The number of benzene rings is 1. The summed E-state index contributed by atoms with van der Waals surface area (Å²) in [6.45, 7) is 2.06. The molecule has 2 aliphatic rings. The number of ether oxygens (including phenoxy) is 1. The number of nitrogens with one attached hydrogen (secondary N) is 2. The molecule has 0 radical (unpaired) electrons. The minimum Gasteiger partial charge on any atom is -0.468 e. The number of aliphatic imine (C=N–C) groups is 1. The third kappa shape index (κ3) is 5.48. The van der Waals surface area contributed by atoms with Gasteiger partial charge in [0, 0.05) is 25.4 Å². The lowest BCUT2D eigenvalue weighted by Crippen LogP contribution is -2.49. The highest BCUT2D eigenvalue weighted by atomic mass is 16.5. The zero-order valence-corrected chi connectivity index (χ0v) is 21.1. The Morgan fingerprint density at radius 2 is 2.00 bits per heavy atom. The van der Waals surface area contributed by atoms with Crippen molar-refractivity contribution in [1.82, 2.24) is 10.6 Å². The number of carbonyl (C=O) groups is 5. The second-order valence-corrected chi connectivity index (χ2v) is 9.44. The quantitative estimate of drug-likeness (QED) is 0.0665. The zero-order chi connectivity index (χ0) is 27.2. The number of guanidine groups is 1. The van der Waals surface area contributed by atoms with Crippen LogP contribution in [0.25, 0.3) is 0 Å². The summed E-state index contributed by atoms with van der Waals surface area (Å²) in [6, 6.07) is 5.36. The third-order valence-corrected chi connectivity index (χ3v) is 7.09. The van der Waals surface area contributed by atoms with Gasteiger partial charge in [-0.05, 0) is 37.0 Å². The Morgan fingerprint density at radius 3 is 2.65 bits per heavy atom. The standard InChI is InChI=1S/C25H34N6O6/c1-16(25(22(36)37-2)24(15-33,30-25)9-11-32)14-31-19-8-7-17(6-4-3-5-10-28-23(26)27)12-18(19)21(35)29-13-20(31)34/h7-8,11-12,15-16,30H,3-6,9-10,13-14H2,1-2H3,(H,29,35)(H4,26,27,28)/t16?,24?,25-/m0/s1. The Bertz CT molecular complexity index is 1100. The highest BCUT2D eigenvalue weighted by molar-refractivity contribution is 6.10. The minimum atomic E-state index is -1.47. The van der Waals surface area contributed by atoms with Crippen LogP contribution < -0.4 is 27.0 Å². The van der Waals surface area contributed by atoms with Crippen LogP contribution >= 0.6 is 0 Å². The lowest BCUT2D eigenvalue weighted by molar-refractivity contribution is -0.146. The fourth-order valence-corrected chi connectivity index (χ4v) is 5.07. The van der Waals surface area contributed by atoms with E-state index in [1.165, 1.54) is 12.0 Å². The number of hydrogen-bond acceptors (Lipinski definition) is 8. The molecule has 12 nitrogen and oxygen atoms in total. The van der Waals surface area contributed by atoms with Crippen molar-refractivity contribution in [3.8, 4) is 0 Å². The molecule has 1 saturated heterocycles. The molecule has 1 aromatic rings. The molecule has 200 valence electrons. The molecule has 6 N–H and O–H groups in total. The Kier molecular flexibility index (Phi) is 8.64. The molecular weight excluding hydrogens is 480 g/mol. The maximum absolute atomic E-state index is 13.0. The number of methoxy groups -OCH3 is 1. The Labute approximate surface area is 215 Å². The first kappa shape index (κ1) is 27.8. The predicted octanol–water partition coefficient (Wildman–Crippen LogP) is -0.573. The Hall–Kier alpha value is -3.80. The number of anilines is 1. The van der Waals surface area contributed by atoms with E-state index in [1.807, 2.05) is 6.07 Å². The number of unbranched alkanes of at least 4 members (excludes halogenated alkanes) is 2. The topological polar surface area (TPSA) is 196 Å². The highest BCUT2D eigenvalue weighted by Gasteiger charge is 2.75. The Morgan fingerprint density at radius 1 is 1.24 bits per heavy atom. The van der Waals surface area contributed by atoms with Crippen LogP contribution in [0.3, 0.4) is 0 Å². The number of nitrogens with two attached hydrogens (primary N) is 2. The van der Waals surface area contributed by atoms with E-state index in [-0.39, 0.29) is 37.3 Å². The monoisotopic (exact) mass is 514 g/mol. The molecule has 0 aromatic heterocycles. The second-order valence-electron chi connectivity index (χ2n) is 9.44. The average molecular weight is 515 g/mol. The van der Waals surface area contributed by atoms with E-state index in [9.17, 15) is 24.0 Å². The molecule has 2 aliphatic heterocycles. The number of carbonyl (C=O) groups excluding carboxylic acids is 5. The van der Waals surface area contributed by atoms with E-state index in [2.05, 4.69) is 15.6 Å². The van der Waals surface area contributed by atoms with Crippen LogP contribution in [-0.2, 0) is 30.3 Å². The lowest BCUT2D eigenvalue weighted by atomic mass is 9.81. The molecule has 0 saturated carbocycles. The molecule has 2 heterocycles. The summed E-state index contributed by atoms with van der Waals surface area (Å²) in [4.78, 5) is 67.2. The van der Waals surface area contributed by atoms with Crippen molar-refractivity contribution in [1.29, 1.82) is 0 Å². The van der Waals surface area contributed by atoms with E-state index in [0.717, 1.165) is 31.2 Å². The van der Waals surface area contributed by atoms with Crippen LogP contribution in [0, 0.1) is 5.92 Å². The third-order valence-electron chi connectivity index (χ3n) is 7.09. The number of nitrogens with zero attached hydrogens (tertiary/aromatic N) is 2.